The molecule has 3 N–H and O–H groups in total. The molecule has 94 valence electrons. The summed E-state index contributed by atoms with van der Waals surface area (Å²) in [4.78, 5) is 2.10. The second-order valence-corrected chi connectivity index (χ2v) is 4.16. The molecule has 1 aromatic carbocycles. The van der Waals surface area contributed by atoms with Crippen LogP contribution in [0.3, 0.4) is 0 Å². The van der Waals surface area contributed by atoms with Gasteiger partial charge in [-0.25, -0.2) is 4.39 Å². The molecule has 0 spiro atoms. The molecule has 1 aliphatic rings. The number of nitrogens with zero attached hydrogens (tertiary/aromatic N) is 1. The van der Waals surface area contributed by atoms with Crippen LogP contribution in [0.2, 0.25) is 0 Å². The predicted octanol–water partition coefficient (Wildman–Crippen LogP) is 0.996. The van der Waals surface area contributed by atoms with Gasteiger partial charge in [0.05, 0.1) is 18.4 Å². The molecule has 1 aliphatic heterocycles. The lowest BCUT2D eigenvalue weighted by Crippen LogP contribution is -2.42. The minimum absolute atomic E-state index is 0.0278. The molecule has 1 heterocycles. The summed E-state index contributed by atoms with van der Waals surface area (Å²) in [5.74, 6) is -0.395. The molecule has 1 fully saturated rings. The lowest BCUT2D eigenvalue weighted by atomic mass is 10.2. The van der Waals surface area contributed by atoms with E-state index in [1.165, 1.54) is 6.07 Å². The molecule has 0 aromatic heterocycles. The van der Waals surface area contributed by atoms with Gasteiger partial charge in [-0.15, -0.1) is 0 Å². The summed E-state index contributed by atoms with van der Waals surface area (Å²) < 4.78 is 18.6. The second kappa shape index (κ2) is 5.33. The van der Waals surface area contributed by atoms with E-state index in [4.69, 9.17) is 15.6 Å². The smallest absolute Gasteiger partial charge is 0.146 e. The Morgan fingerprint density at radius 3 is 3.06 bits per heavy atom. The number of morpholine rings is 1. The average Bonchev–Trinajstić information content (AvgIpc) is 2.33. The maximum Gasteiger partial charge on any atom is 0.146 e. The van der Waals surface area contributed by atoms with Crippen LogP contribution in [0, 0.1) is 5.82 Å². The molecule has 17 heavy (non-hydrogen) atoms. The Bertz CT molecular complexity index is 385. The molecular weight excluding hydrogens is 223 g/mol. The van der Waals surface area contributed by atoms with Crippen molar-refractivity contribution < 1.29 is 14.2 Å². The Balaban J connectivity index is 2.08. The fraction of sp³-hybridized carbons (Fsp3) is 0.500. The SMILES string of the molecule is Nc1cc(N2CCO[C@H](CCO)C2)ccc1F. The van der Waals surface area contributed by atoms with Crippen molar-refractivity contribution in [3.8, 4) is 0 Å². The Morgan fingerprint density at radius 1 is 1.53 bits per heavy atom. The van der Waals surface area contributed by atoms with Crippen LogP contribution < -0.4 is 10.6 Å². The lowest BCUT2D eigenvalue weighted by Gasteiger charge is -2.34. The molecule has 1 atom stereocenters. The quantitative estimate of drug-likeness (QED) is 0.774. The fourth-order valence-corrected chi connectivity index (χ4v) is 2.00. The Kier molecular flexibility index (Phi) is 3.81. The maximum atomic E-state index is 13.1. The normalized spacial score (nSPS) is 20.6. The molecule has 1 saturated heterocycles. The van der Waals surface area contributed by atoms with Crippen LogP contribution in [0.5, 0.6) is 0 Å². The Hall–Kier alpha value is -1.33. The van der Waals surface area contributed by atoms with Gasteiger partial charge >= 0.3 is 0 Å². The maximum absolute atomic E-state index is 13.1. The summed E-state index contributed by atoms with van der Waals surface area (Å²) in [6.45, 7) is 2.19. The van der Waals surface area contributed by atoms with Crippen molar-refractivity contribution in [3.63, 3.8) is 0 Å². The molecule has 1 aromatic rings. The minimum Gasteiger partial charge on any atom is -0.396 e. The van der Waals surface area contributed by atoms with Gasteiger partial charge in [0.1, 0.15) is 5.82 Å². The molecule has 0 bridgehead atoms. The minimum atomic E-state index is -0.395. The number of rotatable bonds is 3. The number of hydrogen-bond donors (Lipinski definition) is 2. The van der Waals surface area contributed by atoms with E-state index in [1.54, 1.807) is 12.1 Å². The van der Waals surface area contributed by atoms with Crippen molar-refractivity contribution in [2.75, 3.05) is 36.9 Å². The van der Waals surface area contributed by atoms with E-state index in [0.717, 1.165) is 12.2 Å². The van der Waals surface area contributed by atoms with Gasteiger partial charge < -0.3 is 20.5 Å². The van der Waals surface area contributed by atoms with Crippen molar-refractivity contribution in [2.24, 2.45) is 0 Å². The van der Waals surface area contributed by atoms with Crippen molar-refractivity contribution in [1.29, 1.82) is 0 Å². The van der Waals surface area contributed by atoms with Crippen molar-refractivity contribution >= 4 is 11.4 Å². The first-order valence-electron chi connectivity index (χ1n) is 5.73. The molecule has 2 rings (SSSR count). The Morgan fingerprint density at radius 2 is 2.35 bits per heavy atom. The highest BCUT2D eigenvalue weighted by molar-refractivity contribution is 5.57. The summed E-state index contributed by atoms with van der Waals surface area (Å²) in [7, 11) is 0. The van der Waals surface area contributed by atoms with Crippen LogP contribution in [0.4, 0.5) is 15.8 Å². The summed E-state index contributed by atoms with van der Waals surface area (Å²) in [5, 5.41) is 8.89. The molecule has 0 unspecified atom stereocenters. The Labute approximate surface area is 99.8 Å². The van der Waals surface area contributed by atoms with E-state index in [-0.39, 0.29) is 18.4 Å². The van der Waals surface area contributed by atoms with Gasteiger partial charge in [0.15, 0.2) is 0 Å². The number of aliphatic hydroxyl groups is 1. The third kappa shape index (κ3) is 2.87. The van der Waals surface area contributed by atoms with Crippen molar-refractivity contribution in [3.05, 3.63) is 24.0 Å². The molecule has 5 heteroatoms. The van der Waals surface area contributed by atoms with Crippen LogP contribution in [-0.2, 0) is 4.74 Å². The van der Waals surface area contributed by atoms with E-state index in [2.05, 4.69) is 4.90 Å². The number of aliphatic hydroxyl groups excluding tert-OH is 1. The summed E-state index contributed by atoms with van der Waals surface area (Å²) in [6, 6.07) is 4.73. The van der Waals surface area contributed by atoms with E-state index in [1.807, 2.05) is 0 Å². The zero-order valence-corrected chi connectivity index (χ0v) is 9.60. The molecule has 0 saturated carbocycles. The predicted molar refractivity (Wildman–Crippen MR) is 64.5 cm³/mol. The molecule has 0 aliphatic carbocycles. The number of nitrogens with two attached hydrogens (primary N) is 1. The highest BCUT2D eigenvalue weighted by Gasteiger charge is 2.20. The van der Waals surface area contributed by atoms with Gasteiger partial charge in [0, 0.05) is 25.4 Å². The highest BCUT2D eigenvalue weighted by Crippen LogP contribution is 2.22. The number of halogens is 1. The van der Waals surface area contributed by atoms with Crippen LogP contribution >= 0.6 is 0 Å². The van der Waals surface area contributed by atoms with Crippen LogP contribution in [0.15, 0.2) is 18.2 Å². The van der Waals surface area contributed by atoms with Gasteiger partial charge in [-0.2, -0.15) is 0 Å². The van der Waals surface area contributed by atoms with Gasteiger partial charge in [-0.05, 0) is 24.6 Å². The van der Waals surface area contributed by atoms with Crippen molar-refractivity contribution in [1.82, 2.24) is 0 Å². The van der Waals surface area contributed by atoms with Crippen LogP contribution in [0.25, 0.3) is 0 Å². The van der Waals surface area contributed by atoms with E-state index in [0.29, 0.717) is 19.6 Å². The second-order valence-electron chi connectivity index (χ2n) is 4.16. The first-order chi connectivity index (χ1) is 8.20. The number of hydrogen-bond acceptors (Lipinski definition) is 4. The zero-order chi connectivity index (χ0) is 12.3. The first kappa shape index (κ1) is 12.1. The van der Waals surface area contributed by atoms with Gasteiger partial charge in [-0.3, -0.25) is 0 Å². The monoisotopic (exact) mass is 240 g/mol. The first-order valence-corrected chi connectivity index (χ1v) is 5.73. The van der Waals surface area contributed by atoms with E-state index < -0.39 is 5.82 Å². The highest BCUT2D eigenvalue weighted by atomic mass is 19.1. The summed E-state index contributed by atoms with van der Waals surface area (Å²) >= 11 is 0. The fourth-order valence-electron chi connectivity index (χ4n) is 2.00. The van der Waals surface area contributed by atoms with Gasteiger partial charge in [0.25, 0.3) is 0 Å². The average molecular weight is 240 g/mol. The summed E-state index contributed by atoms with van der Waals surface area (Å²) in [6.07, 6.45) is 0.646. The van der Waals surface area contributed by atoms with Gasteiger partial charge in [0.2, 0.25) is 0 Å². The van der Waals surface area contributed by atoms with Crippen molar-refractivity contribution in [2.45, 2.75) is 12.5 Å². The molecule has 0 radical (unpaired) electrons. The van der Waals surface area contributed by atoms with Crippen LogP contribution in [-0.4, -0.2) is 37.5 Å². The number of ether oxygens (including phenoxy) is 1. The largest absolute Gasteiger partial charge is 0.396 e. The molecular formula is C12H17FN2O2. The summed E-state index contributed by atoms with van der Waals surface area (Å²) in [5.41, 5.74) is 6.61. The van der Waals surface area contributed by atoms with Gasteiger partial charge in [-0.1, -0.05) is 0 Å². The number of anilines is 2. The molecule has 0 amide bonds. The number of benzene rings is 1. The van der Waals surface area contributed by atoms with E-state index >= 15 is 0 Å². The lowest BCUT2D eigenvalue weighted by molar-refractivity contribution is 0.0247. The zero-order valence-electron chi connectivity index (χ0n) is 9.60. The standard InChI is InChI=1S/C12H17FN2O2/c13-11-2-1-9(7-12(11)14)15-4-6-17-10(8-15)3-5-16/h1-2,7,10,16H,3-6,8,14H2/t10-/m1/s1. The number of nitrogen functional groups attached to an aromatic ring is 1. The molecule has 4 nitrogen and oxygen atoms in total. The van der Waals surface area contributed by atoms with E-state index in [9.17, 15) is 4.39 Å². The third-order valence-electron chi connectivity index (χ3n) is 2.93. The topological polar surface area (TPSA) is 58.7 Å². The third-order valence-corrected chi connectivity index (χ3v) is 2.93. The van der Waals surface area contributed by atoms with Crippen LogP contribution in [0.1, 0.15) is 6.42 Å².